The second-order valence-electron chi connectivity index (χ2n) is 9.66. The molecule has 4 nitrogen and oxygen atoms in total. The number of nitrogens with zero attached hydrogens (tertiary/aromatic N) is 1. The summed E-state index contributed by atoms with van der Waals surface area (Å²) in [7, 11) is 0. The van der Waals surface area contributed by atoms with Gasteiger partial charge < -0.3 is 4.90 Å². The molecule has 0 radical (unpaired) electrons. The number of ketones is 3. The summed E-state index contributed by atoms with van der Waals surface area (Å²) in [6.45, 7) is 0. The highest BCUT2D eigenvalue weighted by Gasteiger charge is 2.71. The number of halogens is 1. The van der Waals surface area contributed by atoms with E-state index in [4.69, 9.17) is 11.6 Å². The number of benzene rings is 3. The zero-order chi connectivity index (χ0) is 25.3. The van der Waals surface area contributed by atoms with Gasteiger partial charge in [0.2, 0.25) is 0 Å². The number of fused-ring (bicyclic) bond motifs is 5. The molecule has 1 spiro atoms. The third kappa shape index (κ3) is 2.93. The average molecular weight is 522 g/mol. The topological polar surface area (TPSA) is 54.5 Å². The largest absolute Gasteiger partial charge is 0.352 e. The van der Waals surface area contributed by atoms with E-state index in [1.54, 1.807) is 30.3 Å². The van der Waals surface area contributed by atoms with E-state index < -0.39 is 23.4 Å². The quantitative estimate of drug-likeness (QED) is 0.222. The van der Waals surface area contributed by atoms with Crippen molar-refractivity contribution >= 4 is 52.1 Å². The monoisotopic (exact) mass is 521 g/mol. The van der Waals surface area contributed by atoms with Gasteiger partial charge in [0.15, 0.2) is 17.3 Å². The summed E-state index contributed by atoms with van der Waals surface area (Å²) in [6.07, 6.45) is 3.84. The lowest BCUT2D eigenvalue weighted by Crippen LogP contribution is -2.48. The highest BCUT2D eigenvalue weighted by Crippen LogP contribution is 2.61. The van der Waals surface area contributed by atoms with Crippen LogP contribution in [0.3, 0.4) is 0 Å². The van der Waals surface area contributed by atoms with Crippen molar-refractivity contribution in [1.29, 1.82) is 0 Å². The Morgan fingerprint density at radius 3 is 2.24 bits per heavy atom. The molecule has 1 aromatic heterocycles. The lowest BCUT2D eigenvalue weighted by Gasteiger charge is -2.37. The van der Waals surface area contributed by atoms with Crippen LogP contribution in [-0.4, -0.2) is 29.4 Å². The lowest BCUT2D eigenvalue weighted by molar-refractivity contribution is 0.0666. The van der Waals surface area contributed by atoms with Gasteiger partial charge in [0, 0.05) is 27.8 Å². The van der Waals surface area contributed by atoms with Crippen molar-refractivity contribution in [3.63, 3.8) is 0 Å². The molecule has 0 bridgehead atoms. The summed E-state index contributed by atoms with van der Waals surface area (Å²) in [5, 5.41) is 2.45. The molecular formula is C31H20ClNO3S. The van der Waals surface area contributed by atoms with Crippen LogP contribution in [0.1, 0.15) is 47.4 Å². The summed E-state index contributed by atoms with van der Waals surface area (Å²) in [4.78, 5) is 45.9. The first-order chi connectivity index (χ1) is 18.0. The summed E-state index contributed by atoms with van der Waals surface area (Å²) in [5.41, 5.74) is 1.82. The number of hydrogen-bond donors (Lipinski definition) is 0. The molecule has 1 saturated heterocycles. The Balaban J connectivity index is 1.56. The standard InChI is InChI=1S/C31H20ClNO3S/c32-20-13-14-23-19(17-20)12-15-25-31(29(35)21-9-4-5-10-22(21)30(31)36)26(18-7-2-1-3-8-18)27(33(23)25)28(34)24-11-6-16-37-24/h1-17,25-27H/t25-,26-,27+/m1/s1. The normalized spacial score (nSPS) is 22.7. The molecule has 1 fully saturated rings. The van der Waals surface area contributed by atoms with Gasteiger partial charge in [-0.05, 0) is 40.8 Å². The molecule has 3 aliphatic rings. The van der Waals surface area contributed by atoms with Crippen LogP contribution in [-0.2, 0) is 0 Å². The van der Waals surface area contributed by atoms with Gasteiger partial charge in [-0.2, -0.15) is 0 Å². The van der Waals surface area contributed by atoms with Crippen molar-refractivity contribution in [3.8, 4) is 0 Å². The van der Waals surface area contributed by atoms with Gasteiger partial charge in [-0.25, -0.2) is 0 Å². The Hall–Kier alpha value is -3.80. The fourth-order valence-corrected chi connectivity index (χ4v) is 7.42. The van der Waals surface area contributed by atoms with E-state index in [0.29, 0.717) is 21.0 Å². The minimum Gasteiger partial charge on any atom is -0.352 e. The van der Waals surface area contributed by atoms with E-state index in [0.717, 1.165) is 16.8 Å². The first-order valence-electron chi connectivity index (χ1n) is 12.1. The third-order valence-electron chi connectivity index (χ3n) is 7.96. The maximum absolute atomic E-state index is 14.5. The molecule has 0 unspecified atom stereocenters. The molecule has 6 heteroatoms. The van der Waals surface area contributed by atoms with Crippen LogP contribution in [0.2, 0.25) is 5.02 Å². The average Bonchev–Trinajstić information content (AvgIpc) is 3.62. The molecule has 0 N–H and O–H groups in total. The van der Waals surface area contributed by atoms with Crippen molar-refractivity contribution in [2.75, 3.05) is 4.90 Å². The molecule has 0 amide bonds. The maximum Gasteiger partial charge on any atom is 0.195 e. The van der Waals surface area contributed by atoms with Crippen LogP contribution in [0.25, 0.3) is 6.08 Å². The molecule has 3 heterocycles. The Morgan fingerprint density at radius 2 is 1.57 bits per heavy atom. The summed E-state index contributed by atoms with van der Waals surface area (Å²) >= 11 is 7.70. The number of carbonyl (C=O) groups excluding carboxylic acids is 3. The number of thiophene rings is 1. The van der Waals surface area contributed by atoms with Crippen LogP contribution in [0.15, 0.2) is 96.4 Å². The second kappa shape index (κ2) is 8.10. The zero-order valence-electron chi connectivity index (χ0n) is 19.5. The van der Waals surface area contributed by atoms with Crippen molar-refractivity contribution in [2.45, 2.75) is 18.0 Å². The van der Waals surface area contributed by atoms with E-state index in [2.05, 4.69) is 0 Å². The van der Waals surface area contributed by atoms with E-state index >= 15 is 0 Å². The van der Waals surface area contributed by atoms with Gasteiger partial charge in [0.05, 0.1) is 10.9 Å². The van der Waals surface area contributed by atoms with Gasteiger partial charge in [-0.1, -0.05) is 84.4 Å². The SMILES string of the molecule is O=C(c1cccs1)[C@@H]1[C@@H](c2ccccc2)C2(C(=O)c3ccccc3C2=O)[C@H]2C=Cc3cc(Cl)ccc3N12. The van der Waals surface area contributed by atoms with E-state index in [9.17, 15) is 14.4 Å². The molecule has 180 valence electrons. The minimum atomic E-state index is -1.48. The van der Waals surface area contributed by atoms with Gasteiger partial charge in [0.1, 0.15) is 11.5 Å². The number of anilines is 1. The predicted octanol–water partition coefficient (Wildman–Crippen LogP) is 6.72. The van der Waals surface area contributed by atoms with Crippen LogP contribution in [0.5, 0.6) is 0 Å². The fraction of sp³-hybridized carbons (Fsp3) is 0.129. The Morgan fingerprint density at radius 1 is 0.865 bits per heavy atom. The molecule has 3 atom stereocenters. The Kier molecular flexibility index (Phi) is 4.91. The first-order valence-corrected chi connectivity index (χ1v) is 13.4. The van der Waals surface area contributed by atoms with Crippen molar-refractivity contribution in [1.82, 2.24) is 0 Å². The van der Waals surface area contributed by atoms with Gasteiger partial charge in [0.25, 0.3) is 0 Å². The number of Topliss-reactive ketones (excluding diaryl/α,β-unsaturated/α-hetero) is 3. The van der Waals surface area contributed by atoms with Crippen LogP contribution >= 0.6 is 22.9 Å². The fourth-order valence-electron chi connectivity index (χ4n) is 6.55. The highest BCUT2D eigenvalue weighted by atomic mass is 35.5. The second-order valence-corrected chi connectivity index (χ2v) is 11.0. The van der Waals surface area contributed by atoms with E-state index in [-0.39, 0.29) is 17.3 Å². The predicted molar refractivity (Wildman–Crippen MR) is 146 cm³/mol. The van der Waals surface area contributed by atoms with Gasteiger partial charge in [-0.3, -0.25) is 14.4 Å². The molecule has 1 aliphatic carbocycles. The molecule has 2 aliphatic heterocycles. The van der Waals surface area contributed by atoms with Crippen molar-refractivity contribution in [3.05, 3.63) is 129 Å². The van der Waals surface area contributed by atoms with E-state index in [1.165, 1.54) is 11.3 Å². The number of rotatable bonds is 3. The first kappa shape index (κ1) is 22.4. The van der Waals surface area contributed by atoms with E-state index in [1.807, 2.05) is 77.0 Å². The third-order valence-corrected chi connectivity index (χ3v) is 9.08. The lowest BCUT2D eigenvalue weighted by atomic mass is 9.64. The van der Waals surface area contributed by atoms with Gasteiger partial charge in [-0.15, -0.1) is 11.3 Å². The molecule has 4 aromatic rings. The molecule has 0 saturated carbocycles. The van der Waals surface area contributed by atoms with Crippen LogP contribution < -0.4 is 4.90 Å². The number of carbonyl (C=O) groups is 3. The van der Waals surface area contributed by atoms with Crippen LogP contribution in [0.4, 0.5) is 5.69 Å². The maximum atomic E-state index is 14.5. The Bertz CT molecular complexity index is 1590. The summed E-state index contributed by atoms with van der Waals surface area (Å²) < 4.78 is 0. The summed E-state index contributed by atoms with van der Waals surface area (Å²) in [5.74, 6) is -1.23. The zero-order valence-corrected chi connectivity index (χ0v) is 21.1. The van der Waals surface area contributed by atoms with Gasteiger partial charge >= 0.3 is 0 Å². The summed E-state index contributed by atoms with van der Waals surface area (Å²) in [6, 6.07) is 24.4. The molecular weight excluding hydrogens is 502 g/mol. The number of hydrogen-bond acceptors (Lipinski definition) is 5. The molecule has 3 aromatic carbocycles. The van der Waals surface area contributed by atoms with Crippen molar-refractivity contribution in [2.24, 2.45) is 5.41 Å². The highest BCUT2D eigenvalue weighted by molar-refractivity contribution is 7.12. The smallest absolute Gasteiger partial charge is 0.195 e. The minimum absolute atomic E-state index is 0.0986. The molecule has 37 heavy (non-hydrogen) atoms. The van der Waals surface area contributed by atoms with Crippen LogP contribution in [0, 0.1) is 5.41 Å². The molecule has 7 rings (SSSR count). The Labute approximate surface area is 222 Å². The van der Waals surface area contributed by atoms with Crippen molar-refractivity contribution < 1.29 is 14.4 Å².